The van der Waals surface area contributed by atoms with Crippen molar-refractivity contribution in [3.8, 4) is 0 Å². The van der Waals surface area contributed by atoms with E-state index in [2.05, 4.69) is 5.32 Å². The van der Waals surface area contributed by atoms with E-state index in [1.165, 1.54) is 0 Å². The van der Waals surface area contributed by atoms with E-state index in [9.17, 15) is 9.59 Å². The summed E-state index contributed by atoms with van der Waals surface area (Å²) in [7, 11) is 1.61. The quantitative estimate of drug-likeness (QED) is 0.821. The second-order valence-electron chi connectivity index (χ2n) is 6.39. The van der Waals surface area contributed by atoms with Crippen molar-refractivity contribution in [2.24, 2.45) is 11.8 Å². The molecule has 2 unspecified atom stereocenters. The number of benzene rings is 1. The van der Waals surface area contributed by atoms with Gasteiger partial charge >= 0.3 is 5.97 Å². The van der Waals surface area contributed by atoms with Crippen molar-refractivity contribution in [1.82, 2.24) is 5.32 Å². The Morgan fingerprint density at radius 3 is 2.21 bits per heavy atom. The van der Waals surface area contributed by atoms with Crippen LogP contribution in [-0.4, -0.2) is 30.1 Å². The summed E-state index contributed by atoms with van der Waals surface area (Å²) < 4.78 is 5.54. The fourth-order valence-electron chi connectivity index (χ4n) is 3.30. The number of halogens is 1. The first-order chi connectivity index (χ1) is 11.4. The molecule has 0 saturated heterocycles. The van der Waals surface area contributed by atoms with Crippen LogP contribution in [0.3, 0.4) is 0 Å². The Bertz CT molecular complexity index is 567. The van der Waals surface area contributed by atoms with Crippen LogP contribution in [0.25, 0.3) is 0 Å². The highest BCUT2D eigenvalue weighted by Gasteiger charge is 2.31. The molecule has 0 heterocycles. The lowest BCUT2D eigenvalue weighted by atomic mass is 9.81. The number of aliphatic carboxylic acids is 1. The Morgan fingerprint density at radius 1 is 1.17 bits per heavy atom. The van der Waals surface area contributed by atoms with E-state index >= 15 is 0 Å². The number of hydrogen-bond acceptors (Lipinski definition) is 3. The maximum Gasteiger partial charge on any atom is 0.306 e. The molecule has 0 aromatic heterocycles. The van der Waals surface area contributed by atoms with Crippen molar-refractivity contribution in [1.29, 1.82) is 0 Å². The first-order valence-corrected chi connectivity index (χ1v) is 8.61. The van der Waals surface area contributed by atoms with Gasteiger partial charge in [0.15, 0.2) is 0 Å². The van der Waals surface area contributed by atoms with E-state index < -0.39 is 5.97 Å². The van der Waals surface area contributed by atoms with Crippen molar-refractivity contribution < 1.29 is 19.4 Å². The lowest BCUT2D eigenvalue weighted by Gasteiger charge is -2.29. The molecular formula is C18H24ClNO4. The number of carbonyl (C=O) groups is 2. The van der Waals surface area contributed by atoms with Crippen LogP contribution in [0.1, 0.15) is 44.3 Å². The molecule has 0 aliphatic heterocycles. The molecule has 1 fully saturated rings. The molecule has 0 bridgehead atoms. The molecule has 1 aromatic rings. The Morgan fingerprint density at radius 2 is 1.71 bits per heavy atom. The predicted molar refractivity (Wildman–Crippen MR) is 91.9 cm³/mol. The molecular weight excluding hydrogens is 330 g/mol. The lowest BCUT2D eigenvalue weighted by molar-refractivity contribution is -0.144. The number of ether oxygens (including phenoxy) is 1. The van der Waals surface area contributed by atoms with E-state index in [1.54, 1.807) is 19.2 Å². The van der Waals surface area contributed by atoms with Crippen molar-refractivity contribution in [2.45, 2.75) is 44.8 Å². The number of carbonyl (C=O) groups excluding carboxylic acids is 1. The van der Waals surface area contributed by atoms with Gasteiger partial charge < -0.3 is 15.2 Å². The fourth-order valence-corrected chi connectivity index (χ4v) is 3.43. The molecule has 1 amide bonds. The SMILES string of the molecule is COC(c1ccc(Cl)cc1)C(C)NC(=O)C1CCC(C(=O)O)CC1. The van der Waals surface area contributed by atoms with Crippen LogP contribution < -0.4 is 5.32 Å². The smallest absolute Gasteiger partial charge is 0.306 e. The molecule has 1 aliphatic carbocycles. The number of carboxylic acids is 1. The third-order valence-electron chi connectivity index (χ3n) is 4.72. The van der Waals surface area contributed by atoms with Gasteiger partial charge in [-0.1, -0.05) is 23.7 Å². The molecule has 1 aliphatic rings. The normalized spacial score (nSPS) is 23.3. The standard InChI is InChI=1S/C18H24ClNO4/c1-11(16(24-2)12-7-9-15(19)10-8-12)20-17(21)13-3-5-14(6-4-13)18(22)23/h7-11,13-14,16H,3-6H2,1-2H3,(H,20,21)(H,22,23). The highest BCUT2D eigenvalue weighted by molar-refractivity contribution is 6.30. The van der Waals surface area contributed by atoms with Crippen molar-refractivity contribution >= 4 is 23.5 Å². The Kier molecular flexibility index (Phi) is 6.63. The third kappa shape index (κ3) is 4.71. The zero-order valence-electron chi connectivity index (χ0n) is 14.0. The molecule has 0 spiro atoms. The average molecular weight is 354 g/mol. The van der Waals surface area contributed by atoms with Crippen LogP contribution in [0.5, 0.6) is 0 Å². The van der Waals surface area contributed by atoms with Gasteiger partial charge in [-0.15, -0.1) is 0 Å². The van der Waals surface area contributed by atoms with Gasteiger partial charge in [-0.2, -0.15) is 0 Å². The Hall–Kier alpha value is -1.59. The van der Waals surface area contributed by atoms with Gasteiger partial charge in [0.05, 0.1) is 12.0 Å². The number of rotatable bonds is 6. The molecule has 5 nitrogen and oxygen atoms in total. The van der Waals surface area contributed by atoms with Gasteiger partial charge in [-0.05, 0) is 50.3 Å². The van der Waals surface area contributed by atoms with Crippen LogP contribution in [-0.2, 0) is 14.3 Å². The summed E-state index contributed by atoms with van der Waals surface area (Å²) in [5, 5.41) is 12.7. The topological polar surface area (TPSA) is 75.6 Å². The molecule has 6 heteroatoms. The van der Waals surface area contributed by atoms with E-state index in [0.29, 0.717) is 30.7 Å². The maximum atomic E-state index is 12.5. The maximum absolute atomic E-state index is 12.5. The van der Waals surface area contributed by atoms with Crippen LogP contribution >= 0.6 is 11.6 Å². The van der Waals surface area contributed by atoms with Gasteiger partial charge in [0.2, 0.25) is 5.91 Å². The molecule has 24 heavy (non-hydrogen) atoms. The third-order valence-corrected chi connectivity index (χ3v) is 4.98. The summed E-state index contributed by atoms with van der Waals surface area (Å²) in [5.74, 6) is -1.22. The number of amides is 1. The highest BCUT2D eigenvalue weighted by atomic mass is 35.5. The van der Waals surface area contributed by atoms with E-state index in [-0.39, 0.29) is 29.9 Å². The fraction of sp³-hybridized carbons (Fsp3) is 0.556. The van der Waals surface area contributed by atoms with E-state index in [1.807, 2.05) is 19.1 Å². The largest absolute Gasteiger partial charge is 0.481 e. The zero-order valence-corrected chi connectivity index (χ0v) is 14.8. The average Bonchev–Trinajstić information content (AvgIpc) is 2.57. The van der Waals surface area contributed by atoms with Crippen LogP contribution in [0.2, 0.25) is 5.02 Å². The molecule has 2 rings (SSSR count). The molecule has 1 saturated carbocycles. The second-order valence-corrected chi connectivity index (χ2v) is 6.83. The minimum atomic E-state index is -0.760. The summed E-state index contributed by atoms with van der Waals surface area (Å²) in [6.07, 6.45) is 2.10. The van der Waals surface area contributed by atoms with Gasteiger partial charge in [-0.25, -0.2) is 0 Å². The summed E-state index contributed by atoms with van der Waals surface area (Å²) in [6.45, 7) is 1.91. The van der Waals surface area contributed by atoms with Crippen LogP contribution in [0, 0.1) is 11.8 Å². The molecule has 1 aromatic carbocycles. The number of nitrogens with one attached hydrogen (secondary N) is 1. The van der Waals surface area contributed by atoms with Crippen molar-refractivity contribution in [3.05, 3.63) is 34.9 Å². The lowest BCUT2D eigenvalue weighted by Crippen LogP contribution is -2.42. The summed E-state index contributed by atoms with van der Waals surface area (Å²) in [4.78, 5) is 23.4. The number of carboxylic acid groups (broad SMARTS) is 1. The zero-order chi connectivity index (χ0) is 17.7. The monoisotopic (exact) mass is 353 g/mol. The summed E-state index contributed by atoms with van der Waals surface area (Å²) in [5.41, 5.74) is 0.948. The molecule has 0 radical (unpaired) electrons. The first-order valence-electron chi connectivity index (χ1n) is 8.23. The Balaban J connectivity index is 1.92. The molecule has 2 N–H and O–H groups in total. The predicted octanol–water partition coefficient (Wildman–Crippen LogP) is 3.42. The Labute approximate surface area is 147 Å². The summed E-state index contributed by atoms with van der Waals surface area (Å²) >= 11 is 5.91. The van der Waals surface area contributed by atoms with Gasteiger partial charge in [-0.3, -0.25) is 9.59 Å². The molecule has 132 valence electrons. The minimum absolute atomic E-state index is 0.0256. The summed E-state index contributed by atoms with van der Waals surface area (Å²) in [6, 6.07) is 7.17. The van der Waals surface area contributed by atoms with Crippen molar-refractivity contribution in [3.63, 3.8) is 0 Å². The van der Waals surface area contributed by atoms with Gasteiger partial charge in [0.1, 0.15) is 6.10 Å². The van der Waals surface area contributed by atoms with Crippen LogP contribution in [0.4, 0.5) is 0 Å². The van der Waals surface area contributed by atoms with Crippen molar-refractivity contribution in [2.75, 3.05) is 7.11 Å². The highest BCUT2D eigenvalue weighted by Crippen LogP contribution is 2.30. The number of hydrogen-bond donors (Lipinski definition) is 2. The van der Waals surface area contributed by atoms with Crippen LogP contribution in [0.15, 0.2) is 24.3 Å². The second kappa shape index (κ2) is 8.49. The van der Waals surface area contributed by atoms with E-state index in [4.69, 9.17) is 21.4 Å². The van der Waals surface area contributed by atoms with Gasteiger partial charge in [0.25, 0.3) is 0 Å². The number of methoxy groups -OCH3 is 1. The minimum Gasteiger partial charge on any atom is -0.481 e. The molecule has 2 atom stereocenters. The van der Waals surface area contributed by atoms with E-state index in [0.717, 1.165) is 5.56 Å². The first kappa shape index (κ1) is 18.7. The van der Waals surface area contributed by atoms with Gasteiger partial charge in [0, 0.05) is 18.1 Å².